The quantitative estimate of drug-likeness (QED) is 0.472. The molecule has 0 fully saturated rings. The molecule has 2 aromatic heterocycles. The second-order valence-corrected chi connectivity index (χ2v) is 7.94. The zero-order valence-electron chi connectivity index (χ0n) is 16.2. The van der Waals surface area contributed by atoms with Crippen molar-refractivity contribution in [1.82, 2.24) is 14.5 Å². The molecule has 0 N–H and O–H groups in total. The minimum atomic E-state index is -0.100. The highest BCUT2D eigenvalue weighted by Gasteiger charge is 2.23. The topological polar surface area (TPSA) is 69.5 Å². The summed E-state index contributed by atoms with van der Waals surface area (Å²) in [4.78, 5) is 24.0. The van der Waals surface area contributed by atoms with Crippen LogP contribution in [0.4, 0.5) is 5.13 Å². The van der Waals surface area contributed by atoms with E-state index in [2.05, 4.69) is 4.98 Å². The molecule has 5 rings (SSSR count). The van der Waals surface area contributed by atoms with Gasteiger partial charge in [-0.05, 0) is 36.8 Å². The Morgan fingerprint density at radius 1 is 1.13 bits per heavy atom. The molecule has 0 saturated carbocycles. The number of thiazole rings is 1. The number of aryl methyl sites for hydroxylation is 1. The molecule has 8 heteroatoms. The summed E-state index contributed by atoms with van der Waals surface area (Å²) in [5.41, 5.74) is 1.45. The summed E-state index contributed by atoms with van der Waals surface area (Å²) in [5.74, 6) is 1.18. The summed E-state index contributed by atoms with van der Waals surface area (Å²) in [5, 5.41) is 0.696. The summed E-state index contributed by atoms with van der Waals surface area (Å²) < 4.78 is 14.3. The minimum absolute atomic E-state index is 0.100. The van der Waals surface area contributed by atoms with Crippen LogP contribution in [0.1, 0.15) is 16.8 Å². The molecule has 0 radical (unpaired) electrons. The van der Waals surface area contributed by atoms with Crippen molar-refractivity contribution in [2.24, 2.45) is 0 Å². The number of nitrogens with zero attached hydrogens (tertiary/aromatic N) is 4. The number of hydrogen-bond donors (Lipinski definition) is 0. The largest absolute Gasteiger partial charge is 0.486 e. The molecular formula is C22H20N4O3S. The summed E-state index contributed by atoms with van der Waals surface area (Å²) >= 11 is 1.52. The molecule has 0 aliphatic carbocycles. The minimum Gasteiger partial charge on any atom is -0.486 e. The molecule has 0 atom stereocenters. The second-order valence-electron chi connectivity index (χ2n) is 6.93. The third kappa shape index (κ3) is 3.73. The number of anilines is 1. The van der Waals surface area contributed by atoms with Crippen LogP contribution in [0.2, 0.25) is 0 Å². The van der Waals surface area contributed by atoms with E-state index in [0.717, 1.165) is 23.2 Å². The molecule has 152 valence electrons. The molecule has 0 spiro atoms. The molecule has 4 aromatic rings. The van der Waals surface area contributed by atoms with Crippen LogP contribution in [0.3, 0.4) is 0 Å². The number of para-hydroxylation sites is 1. The number of rotatable bonds is 6. The van der Waals surface area contributed by atoms with Crippen LogP contribution in [0.15, 0.2) is 61.2 Å². The van der Waals surface area contributed by atoms with Crippen molar-refractivity contribution in [3.05, 3.63) is 66.7 Å². The van der Waals surface area contributed by atoms with Gasteiger partial charge < -0.3 is 14.0 Å². The second kappa shape index (κ2) is 8.16. The van der Waals surface area contributed by atoms with Gasteiger partial charge in [-0.15, -0.1) is 0 Å². The number of hydrogen-bond acceptors (Lipinski definition) is 6. The maximum atomic E-state index is 13.5. The Hall–Kier alpha value is -3.39. The number of benzene rings is 2. The van der Waals surface area contributed by atoms with Gasteiger partial charge in [0.05, 0.1) is 16.5 Å². The highest BCUT2D eigenvalue weighted by molar-refractivity contribution is 7.22. The molecule has 7 nitrogen and oxygen atoms in total. The van der Waals surface area contributed by atoms with E-state index in [1.165, 1.54) is 11.3 Å². The highest BCUT2D eigenvalue weighted by Crippen LogP contribution is 2.33. The highest BCUT2D eigenvalue weighted by atomic mass is 32.1. The van der Waals surface area contributed by atoms with E-state index in [1.54, 1.807) is 35.6 Å². The van der Waals surface area contributed by atoms with Gasteiger partial charge in [-0.1, -0.05) is 23.5 Å². The lowest BCUT2D eigenvalue weighted by Crippen LogP contribution is -2.32. The number of ether oxygens (including phenoxy) is 2. The summed E-state index contributed by atoms with van der Waals surface area (Å²) in [7, 11) is 0. The van der Waals surface area contributed by atoms with Crippen LogP contribution >= 0.6 is 11.3 Å². The fourth-order valence-electron chi connectivity index (χ4n) is 3.42. The van der Waals surface area contributed by atoms with Gasteiger partial charge in [0.2, 0.25) is 0 Å². The van der Waals surface area contributed by atoms with Gasteiger partial charge in [0, 0.05) is 31.0 Å². The Morgan fingerprint density at radius 2 is 2.00 bits per heavy atom. The number of carbonyl (C=O) groups excluding carboxylic acids is 1. The van der Waals surface area contributed by atoms with E-state index < -0.39 is 0 Å². The van der Waals surface area contributed by atoms with Crippen molar-refractivity contribution in [2.45, 2.75) is 13.0 Å². The summed E-state index contributed by atoms with van der Waals surface area (Å²) in [6, 6.07) is 13.3. The van der Waals surface area contributed by atoms with E-state index in [9.17, 15) is 4.79 Å². The molecule has 30 heavy (non-hydrogen) atoms. The van der Waals surface area contributed by atoms with Crippen molar-refractivity contribution < 1.29 is 14.3 Å². The smallest absolute Gasteiger partial charge is 0.260 e. The van der Waals surface area contributed by atoms with E-state index in [1.807, 2.05) is 35.0 Å². The summed E-state index contributed by atoms with van der Waals surface area (Å²) in [6.45, 7) is 2.32. The monoisotopic (exact) mass is 420 g/mol. The van der Waals surface area contributed by atoms with Crippen molar-refractivity contribution in [3.63, 3.8) is 0 Å². The van der Waals surface area contributed by atoms with Crippen LogP contribution in [0, 0.1) is 0 Å². The van der Waals surface area contributed by atoms with E-state index >= 15 is 0 Å². The Bertz CT molecular complexity index is 1140. The molecule has 0 bridgehead atoms. The average Bonchev–Trinajstić information content (AvgIpc) is 3.45. The lowest BCUT2D eigenvalue weighted by Gasteiger charge is -2.22. The van der Waals surface area contributed by atoms with Crippen molar-refractivity contribution >= 4 is 32.6 Å². The number of fused-ring (bicyclic) bond motifs is 2. The van der Waals surface area contributed by atoms with Gasteiger partial charge in [-0.25, -0.2) is 9.97 Å². The van der Waals surface area contributed by atoms with Crippen LogP contribution in [-0.2, 0) is 6.54 Å². The zero-order valence-corrected chi connectivity index (χ0v) is 17.0. The van der Waals surface area contributed by atoms with E-state index in [0.29, 0.717) is 42.0 Å². The fourth-order valence-corrected chi connectivity index (χ4v) is 4.41. The number of carbonyl (C=O) groups is 1. The van der Waals surface area contributed by atoms with Crippen LogP contribution < -0.4 is 14.4 Å². The Balaban J connectivity index is 1.44. The lowest BCUT2D eigenvalue weighted by molar-refractivity contribution is 0.0985. The van der Waals surface area contributed by atoms with Gasteiger partial charge in [0.25, 0.3) is 5.91 Å². The first kappa shape index (κ1) is 18.6. The van der Waals surface area contributed by atoms with Gasteiger partial charge >= 0.3 is 0 Å². The number of amides is 1. The molecule has 0 saturated heterocycles. The Labute approximate surface area is 177 Å². The molecule has 3 heterocycles. The predicted octanol–water partition coefficient (Wildman–Crippen LogP) is 4.00. The van der Waals surface area contributed by atoms with Crippen LogP contribution in [-0.4, -0.2) is 40.2 Å². The maximum absolute atomic E-state index is 13.5. The predicted molar refractivity (Wildman–Crippen MR) is 116 cm³/mol. The first-order valence-electron chi connectivity index (χ1n) is 9.81. The summed E-state index contributed by atoms with van der Waals surface area (Å²) in [6.07, 6.45) is 6.24. The third-order valence-corrected chi connectivity index (χ3v) is 5.96. The first-order valence-corrected chi connectivity index (χ1v) is 10.6. The Morgan fingerprint density at radius 3 is 2.83 bits per heavy atom. The standard InChI is InChI=1S/C22H20N4O3S/c27-21(16-6-7-18-19(14-16)29-13-12-28-18)26(10-3-9-25-11-8-23-15-25)22-24-17-4-1-2-5-20(17)30-22/h1-2,4-8,11,14-15H,3,9-10,12-13H2. The maximum Gasteiger partial charge on any atom is 0.260 e. The number of aromatic nitrogens is 3. The van der Waals surface area contributed by atoms with E-state index in [-0.39, 0.29) is 5.91 Å². The first-order chi connectivity index (χ1) is 14.8. The van der Waals surface area contributed by atoms with Crippen molar-refractivity contribution in [1.29, 1.82) is 0 Å². The fraction of sp³-hybridized carbons (Fsp3) is 0.227. The molecule has 1 aliphatic rings. The third-order valence-electron chi connectivity index (χ3n) is 4.91. The van der Waals surface area contributed by atoms with Gasteiger partial charge in [0.15, 0.2) is 16.6 Å². The zero-order chi connectivity index (χ0) is 20.3. The van der Waals surface area contributed by atoms with E-state index in [4.69, 9.17) is 14.5 Å². The molecule has 0 unspecified atom stereocenters. The van der Waals surface area contributed by atoms with Gasteiger partial charge in [-0.3, -0.25) is 9.69 Å². The van der Waals surface area contributed by atoms with Crippen molar-refractivity contribution in [3.8, 4) is 11.5 Å². The Kier molecular flexibility index (Phi) is 5.06. The van der Waals surface area contributed by atoms with Crippen LogP contribution in [0.25, 0.3) is 10.2 Å². The SMILES string of the molecule is O=C(c1ccc2c(c1)OCCO2)N(CCCn1ccnc1)c1nc2ccccc2s1. The van der Waals surface area contributed by atoms with Crippen molar-refractivity contribution in [2.75, 3.05) is 24.7 Å². The molecule has 1 aliphatic heterocycles. The van der Waals surface area contributed by atoms with Gasteiger partial charge in [0.1, 0.15) is 13.2 Å². The normalized spacial score (nSPS) is 12.8. The molecule has 1 amide bonds. The number of imidazole rings is 1. The lowest BCUT2D eigenvalue weighted by atomic mass is 10.1. The molecular weight excluding hydrogens is 400 g/mol. The molecule has 2 aromatic carbocycles. The van der Waals surface area contributed by atoms with Gasteiger partial charge in [-0.2, -0.15) is 0 Å². The van der Waals surface area contributed by atoms with Crippen LogP contribution in [0.5, 0.6) is 11.5 Å². The average molecular weight is 420 g/mol.